The first-order chi connectivity index (χ1) is 16.3. The lowest BCUT2D eigenvalue weighted by molar-refractivity contribution is -0.0848. The van der Waals surface area contributed by atoms with E-state index >= 15 is 0 Å². The number of aromatic nitrogens is 3. The van der Waals surface area contributed by atoms with Crippen LogP contribution in [0.25, 0.3) is 5.52 Å². The number of hydrogen-bond acceptors (Lipinski definition) is 7. The minimum atomic E-state index is -0.569. The van der Waals surface area contributed by atoms with Crippen molar-refractivity contribution in [2.45, 2.75) is 50.9 Å². The smallest absolute Gasteiger partial charge is 0.255 e. The molecule has 2 aliphatic carbocycles. The van der Waals surface area contributed by atoms with Gasteiger partial charge in [-0.2, -0.15) is 5.10 Å². The highest BCUT2D eigenvalue weighted by Crippen LogP contribution is 2.56. The molecule has 0 aromatic carbocycles. The quantitative estimate of drug-likeness (QED) is 0.460. The summed E-state index contributed by atoms with van der Waals surface area (Å²) in [7, 11) is 0. The molecular formula is C24H27N5O5. The number of pyridine rings is 2. The molecule has 1 atom stereocenters. The molecule has 0 aliphatic heterocycles. The van der Waals surface area contributed by atoms with Crippen LogP contribution in [-0.4, -0.2) is 56.4 Å². The number of nitrogens with two attached hydrogens (primary N) is 1. The van der Waals surface area contributed by atoms with Gasteiger partial charge in [0.05, 0.1) is 29.6 Å². The third-order valence-corrected chi connectivity index (χ3v) is 6.56. The van der Waals surface area contributed by atoms with E-state index in [9.17, 15) is 14.7 Å². The summed E-state index contributed by atoms with van der Waals surface area (Å²) in [6.45, 7) is 1.83. The zero-order valence-electron chi connectivity index (χ0n) is 18.8. The Bertz CT molecular complexity index is 1230. The summed E-state index contributed by atoms with van der Waals surface area (Å²) < 4.78 is 13.0. The van der Waals surface area contributed by atoms with Gasteiger partial charge in [-0.25, -0.2) is 9.50 Å². The van der Waals surface area contributed by atoms with Crippen LogP contribution in [0.3, 0.4) is 0 Å². The van der Waals surface area contributed by atoms with Crippen LogP contribution in [0.2, 0.25) is 0 Å². The van der Waals surface area contributed by atoms with Gasteiger partial charge in [0.1, 0.15) is 24.0 Å². The highest BCUT2D eigenvalue weighted by molar-refractivity contribution is 6.00. The third kappa shape index (κ3) is 4.28. The van der Waals surface area contributed by atoms with Crippen molar-refractivity contribution in [1.82, 2.24) is 19.9 Å². The van der Waals surface area contributed by atoms with E-state index in [0.29, 0.717) is 16.8 Å². The maximum Gasteiger partial charge on any atom is 0.255 e. The molecule has 1 spiro atoms. The molecule has 0 saturated heterocycles. The number of nitrogens with zero attached hydrogens (tertiary/aromatic N) is 3. The molecule has 0 unspecified atom stereocenters. The van der Waals surface area contributed by atoms with Crippen LogP contribution in [0.4, 0.5) is 0 Å². The highest BCUT2D eigenvalue weighted by Gasteiger charge is 2.54. The van der Waals surface area contributed by atoms with Crippen molar-refractivity contribution in [1.29, 1.82) is 0 Å². The Morgan fingerprint density at radius 2 is 2.06 bits per heavy atom. The summed E-state index contributed by atoms with van der Waals surface area (Å²) in [5, 5.41) is 16.7. The van der Waals surface area contributed by atoms with E-state index < -0.39 is 12.0 Å². The molecule has 0 bridgehead atoms. The Labute approximate surface area is 196 Å². The topological polar surface area (TPSA) is 141 Å². The standard InChI is InChI=1S/C24H27N5O5/c1-14(30)13-33-16-4-5-20-19(11-27-29(20)12-16)22(32)28-15-7-24(8-15)9-17(10-24)34-23-18(21(25)31)3-2-6-26-23/h2-6,11-12,14-15,17,30H,7-10,13H2,1H3,(H2,25,31)(H,28,32)/t14-,15?,17?,24?/m0/s1. The molecule has 2 saturated carbocycles. The molecule has 10 heteroatoms. The van der Waals surface area contributed by atoms with Crippen LogP contribution in [-0.2, 0) is 0 Å². The van der Waals surface area contributed by atoms with E-state index in [1.54, 1.807) is 54.3 Å². The van der Waals surface area contributed by atoms with E-state index in [1.807, 2.05) is 0 Å². The predicted molar refractivity (Wildman–Crippen MR) is 122 cm³/mol. The van der Waals surface area contributed by atoms with Gasteiger partial charge in [0.25, 0.3) is 11.8 Å². The van der Waals surface area contributed by atoms with E-state index in [2.05, 4.69) is 15.4 Å². The first-order valence-corrected chi connectivity index (χ1v) is 11.3. The summed E-state index contributed by atoms with van der Waals surface area (Å²) in [6.07, 6.45) is 7.74. The lowest BCUT2D eigenvalue weighted by atomic mass is 9.53. The van der Waals surface area contributed by atoms with Crippen LogP contribution < -0.4 is 20.5 Å². The first kappa shape index (κ1) is 22.1. The zero-order chi connectivity index (χ0) is 23.9. The Kier molecular flexibility index (Phi) is 5.60. The minimum Gasteiger partial charge on any atom is -0.489 e. The van der Waals surface area contributed by atoms with Crippen LogP contribution in [0.15, 0.2) is 42.9 Å². The van der Waals surface area contributed by atoms with Crippen LogP contribution in [0, 0.1) is 5.41 Å². The monoisotopic (exact) mass is 465 g/mol. The predicted octanol–water partition coefficient (Wildman–Crippen LogP) is 1.71. The largest absolute Gasteiger partial charge is 0.489 e. The second-order valence-electron chi connectivity index (χ2n) is 9.36. The zero-order valence-corrected chi connectivity index (χ0v) is 18.8. The molecule has 3 heterocycles. The van der Waals surface area contributed by atoms with E-state index in [0.717, 1.165) is 25.7 Å². The van der Waals surface area contributed by atoms with Crippen LogP contribution >= 0.6 is 0 Å². The fourth-order valence-electron chi connectivity index (χ4n) is 4.95. The van der Waals surface area contributed by atoms with Gasteiger partial charge in [-0.1, -0.05) is 0 Å². The number of carbonyl (C=O) groups excluding carboxylic acids is 2. The van der Waals surface area contributed by atoms with Crippen LogP contribution in [0.1, 0.15) is 53.3 Å². The van der Waals surface area contributed by atoms with Gasteiger partial charge in [-0.05, 0) is 62.3 Å². The van der Waals surface area contributed by atoms with Crippen molar-refractivity contribution in [2.24, 2.45) is 11.1 Å². The summed E-state index contributed by atoms with van der Waals surface area (Å²) in [4.78, 5) is 28.5. The number of rotatable bonds is 8. The molecule has 2 aliphatic rings. The fourth-order valence-corrected chi connectivity index (χ4v) is 4.95. The number of nitrogens with one attached hydrogen (secondary N) is 1. The Morgan fingerprint density at radius 3 is 2.79 bits per heavy atom. The van der Waals surface area contributed by atoms with E-state index in [1.165, 1.54) is 0 Å². The van der Waals surface area contributed by atoms with Gasteiger partial charge < -0.3 is 25.6 Å². The number of aliphatic hydroxyl groups is 1. The van der Waals surface area contributed by atoms with Crippen LogP contribution in [0.5, 0.6) is 11.6 Å². The van der Waals surface area contributed by atoms with Crippen molar-refractivity contribution >= 4 is 17.3 Å². The third-order valence-electron chi connectivity index (χ3n) is 6.56. The van der Waals surface area contributed by atoms with E-state index in [-0.39, 0.29) is 41.5 Å². The van der Waals surface area contributed by atoms with Gasteiger partial charge >= 0.3 is 0 Å². The first-order valence-electron chi connectivity index (χ1n) is 11.3. The molecule has 2 amide bonds. The lowest BCUT2D eigenvalue weighted by Gasteiger charge is -2.57. The molecule has 3 aromatic rings. The van der Waals surface area contributed by atoms with Gasteiger partial charge in [-0.15, -0.1) is 0 Å². The second kappa shape index (κ2) is 8.60. The minimum absolute atomic E-state index is 0.00509. The SMILES string of the molecule is C[C@H](O)COc1ccc2c(C(=O)NC3CC4(C3)CC(Oc3ncccc3C(N)=O)C4)cnn2c1. The summed E-state index contributed by atoms with van der Waals surface area (Å²) >= 11 is 0. The molecule has 178 valence electrons. The van der Waals surface area contributed by atoms with Crippen molar-refractivity contribution in [3.8, 4) is 11.6 Å². The number of fused-ring (bicyclic) bond motifs is 1. The number of primary amides is 1. The molecule has 34 heavy (non-hydrogen) atoms. The summed E-state index contributed by atoms with van der Waals surface area (Å²) in [6, 6.07) is 6.91. The lowest BCUT2D eigenvalue weighted by Crippen LogP contribution is -2.58. The van der Waals surface area contributed by atoms with Gasteiger partial charge in [-0.3, -0.25) is 9.59 Å². The van der Waals surface area contributed by atoms with Crippen molar-refractivity contribution in [2.75, 3.05) is 6.61 Å². The molecule has 3 aromatic heterocycles. The fraction of sp³-hybridized carbons (Fsp3) is 0.417. The average molecular weight is 466 g/mol. The number of carbonyl (C=O) groups is 2. The maximum absolute atomic E-state index is 12.8. The van der Waals surface area contributed by atoms with Crippen molar-refractivity contribution in [3.05, 3.63) is 54.0 Å². The molecule has 10 nitrogen and oxygen atoms in total. The summed E-state index contributed by atoms with van der Waals surface area (Å²) in [5.41, 5.74) is 7.04. The van der Waals surface area contributed by atoms with Gasteiger partial charge in [0, 0.05) is 12.2 Å². The number of aliphatic hydroxyl groups excluding tert-OH is 1. The maximum atomic E-state index is 12.8. The Balaban J connectivity index is 1.13. The summed E-state index contributed by atoms with van der Waals surface area (Å²) in [5.74, 6) is 0.144. The number of amides is 2. The average Bonchev–Trinajstić information content (AvgIpc) is 3.18. The second-order valence-corrected chi connectivity index (χ2v) is 9.36. The Hall–Kier alpha value is -3.66. The highest BCUT2D eigenvalue weighted by atomic mass is 16.5. The van der Waals surface area contributed by atoms with Crippen molar-refractivity contribution in [3.63, 3.8) is 0 Å². The van der Waals surface area contributed by atoms with Gasteiger partial charge in [0.15, 0.2) is 0 Å². The molecule has 5 rings (SSSR count). The van der Waals surface area contributed by atoms with Crippen molar-refractivity contribution < 1.29 is 24.2 Å². The molecule has 4 N–H and O–H groups in total. The van der Waals surface area contributed by atoms with E-state index in [4.69, 9.17) is 15.2 Å². The normalized spacial score (nSPS) is 24.2. The molecular weight excluding hydrogens is 438 g/mol. The Morgan fingerprint density at radius 1 is 1.26 bits per heavy atom. The number of hydrogen-bond donors (Lipinski definition) is 3. The molecule has 0 radical (unpaired) electrons. The number of ether oxygens (including phenoxy) is 2. The molecule has 2 fully saturated rings. The van der Waals surface area contributed by atoms with Gasteiger partial charge in [0.2, 0.25) is 5.88 Å².